The lowest BCUT2D eigenvalue weighted by Gasteiger charge is -2.06. The van der Waals surface area contributed by atoms with E-state index in [-0.39, 0.29) is 12.7 Å². The van der Waals surface area contributed by atoms with Gasteiger partial charge in [0.1, 0.15) is 13.2 Å². The van der Waals surface area contributed by atoms with Gasteiger partial charge in [-0.15, -0.1) is 0 Å². The highest BCUT2D eigenvalue weighted by molar-refractivity contribution is 5.61. The van der Waals surface area contributed by atoms with E-state index in [1.165, 1.54) is 6.26 Å². The molecule has 1 heterocycles. The maximum absolute atomic E-state index is 10.5. The highest BCUT2D eigenvalue weighted by Gasteiger charge is 2.24. The molecule has 5 heteroatoms. The molecule has 0 aromatic carbocycles. The second-order valence-electron chi connectivity index (χ2n) is 2.41. The monoisotopic (exact) mass is 188 g/mol. The van der Waals surface area contributed by atoms with Gasteiger partial charge in [0.05, 0.1) is 19.5 Å². The molecule has 0 aromatic heterocycles. The van der Waals surface area contributed by atoms with Gasteiger partial charge in [-0.1, -0.05) is 6.58 Å². The summed E-state index contributed by atoms with van der Waals surface area (Å²) >= 11 is 0. The van der Waals surface area contributed by atoms with Crippen molar-refractivity contribution in [2.75, 3.05) is 26.4 Å². The largest absolute Gasteiger partial charge is 0.508 e. The molecule has 1 atom stereocenters. The Hall–Kier alpha value is -1.23. The molecule has 1 unspecified atom stereocenters. The van der Waals surface area contributed by atoms with E-state index in [0.29, 0.717) is 19.8 Å². The number of rotatable bonds is 6. The molecule has 1 fully saturated rings. The summed E-state index contributed by atoms with van der Waals surface area (Å²) in [6.07, 6.45) is 0.439. The first-order chi connectivity index (χ1) is 6.33. The van der Waals surface area contributed by atoms with Crippen LogP contribution in [0.15, 0.2) is 12.8 Å². The maximum atomic E-state index is 10.5. The standard InChI is InChI=1S/C8H12O5/c1-2-10-3-4-11-5-7-6-12-8(9)13-7/h2,7H,1,3-6H2. The zero-order valence-corrected chi connectivity index (χ0v) is 7.23. The fourth-order valence-electron chi connectivity index (χ4n) is 0.852. The van der Waals surface area contributed by atoms with E-state index in [0.717, 1.165) is 0 Å². The number of cyclic esters (lactones) is 2. The molecule has 0 spiro atoms. The van der Waals surface area contributed by atoms with Gasteiger partial charge in [0.2, 0.25) is 0 Å². The molecule has 1 aliphatic rings. The molecule has 1 rings (SSSR count). The molecule has 13 heavy (non-hydrogen) atoms. The Balaban J connectivity index is 1.94. The third-order valence-corrected chi connectivity index (χ3v) is 1.42. The van der Waals surface area contributed by atoms with Crippen LogP contribution in [0.1, 0.15) is 0 Å². The molecule has 74 valence electrons. The minimum atomic E-state index is -0.629. The van der Waals surface area contributed by atoms with Gasteiger partial charge in [-0.3, -0.25) is 0 Å². The third-order valence-electron chi connectivity index (χ3n) is 1.42. The molecule has 0 radical (unpaired) electrons. The van der Waals surface area contributed by atoms with E-state index < -0.39 is 6.16 Å². The van der Waals surface area contributed by atoms with Crippen LogP contribution >= 0.6 is 0 Å². The van der Waals surface area contributed by atoms with Crippen molar-refractivity contribution in [2.45, 2.75) is 6.10 Å². The summed E-state index contributed by atoms with van der Waals surface area (Å²) in [4.78, 5) is 10.5. The number of hydrogen-bond donors (Lipinski definition) is 0. The van der Waals surface area contributed by atoms with Crippen molar-refractivity contribution in [1.82, 2.24) is 0 Å². The van der Waals surface area contributed by atoms with Gasteiger partial charge in [0.25, 0.3) is 0 Å². The Morgan fingerprint density at radius 2 is 2.46 bits per heavy atom. The van der Waals surface area contributed by atoms with E-state index in [1.54, 1.807) is 0 Å². The van der Waals surface area contributed by atoms with Crippen molar-refractivity contribution in [3.05, 3.63) is 12.8 Å². The van der Waals surface area contributed by atoms with Crippen molar-refractivity contribution >= 4 is 6.16 Å². The van der Waals surface area contributed by atoms with Crippen molar-refractivity contribution in [1.29, 1.82) is 0 Å². The summed E-state index contributed by atoms with van der Waals surface area (Å²) < 4.78 is 19.2. The highest BCUT2D eigenvalue weighted by Crippen LogP contribution is 2.05. The average Bonchev–Trinajstić information content (AvgIpc) is 2.51. The molecule has 0 saturated carbocycles. The fourth-order valence-corrected chi connectivity index (χ4v) is 0.852. The number of carbonyl (C=O) groups is 1. The Morgan fingerprint density at radius 3 is 3.08 bits per heavy atom. The Bertz CT molecular complexity index is 179. The van der Waals surface area contributed by atoms with Crippen LogP contribution < -0.4 is 0 Å². The first-order valence-electron chi connectivity index (χ1n) is 3.96. The lowest BCUT2D eigenvalue weighted by Crippen LogP contribution is -2.19. The zero-order chi connectivity index (χ0) is 9.52. The highest BCUT2D eigenvalue weighted by atomic mass is 16.8. The predicted octanol–water partition coefficient (Wildman–Crippen LogP) is 0.698. The quantitative estimate of drug-likeness (QED) is 0.349. The summed E-state index contributed by atoms with van der Waals surface area (Å²) in [6.45, 7) is 4.88. The summed E-state index contributed by atoms with van der Waals surface area (Å²) in [5.74, 6) is 0. The van der Waals surface area contributed by atoms with E-state index in [4.69, 9.17) is 14.2 Å². The average molecular weight is 188 g/mol. The molecular weight excluding hydrogens is 176 g/mol. The molecule has 1 aliphatic heterocycles. The van der Waals surface area contributed by atoms with Crippen molar-refractivity contribution < 1.29 is 23.7 Å². The van der Waals surface area contributed by atoms with Gasteiger partial charge < -0.3 is 18.9 Å². The lowest BCUT2D eigenvalue weighted by atomic mass is 10.4. The van der Waals surface area contributed by atoms with Crippen LogP contribution in [0.2, 0.25) is 0 Å². The third kappa shape index (κ3) is 3.80. The van der Waals surface area contributed by atoms with Crippen molar-refractivity contribution in [2.24, 2.45) is 0 Å². The van der Waals surface area contributed by atoms with Crippen LogP contribution in [0.3, 0.4) is 0 Å². The number of hydrogen-bond acceptors (Lipinski definition) is 5. The normalized spacial score (nSPS) is 20.6. The van der Waals surface area contributed by atoms with Gasteiger partial charge in [-0.25, -0.2) is 4.79 Å². The molecule has 0 N–H and O–H groups in total. The van der Waals surface area contributed by atoms with Crippen LogP contribution in [0, 0.1) is 0 Å². The minimum Gasteiger partial charge on any atom is -0.499 e. The zero-order valence-electron chi connectivity index (χ0n) is 7.23. The summed E-state index contributed by atoms with van der Waals surface area (Å²) in [7, 11) is 0. The Kier molecular flexibility index (Phi) is 4.11. The van der Waals surface area contributed by atoms with E-state index in [1.807, 2.05) is 0 Å². The molecule has 1 saturated heterocycles. The summed E-state index contributed by atoms with van der Waals surface area (Å²) in [5, 5.41) is 0. The topological polar surface area (TPSA) is 54.0 Å². The Labute approximate surface area is 76.2 Å². The molecule has 0 bridgehead atoms. The first-order valence-corrected chi connectivity index (χ1v) is 3.96. The smallest absolute Gasteiger partial charge is 0.499 e. The Morgan fingerprint density at radius 1 is 1.62 bits per heavy atom. The number of carbonyl (C=O) groups excluding carboxylic acids is 1. The lowest BCUT2D eigenvalue weighted by molar-refractivity contribution is 0.0276. The van der Waals surface area contributed by atoms with Gasteiger partial charge in [-0.05, 0) is 0 Å². The first kappa shape index (κ1) is 9.85. The van der Waals surface area contributed by atoms with Gasteiger partial charge in [0.15, 0.2) is 6.10 Å². The summed E-state index contributed by atoms with van der Waals surface area (Å²) in [5.41, 5.74) is 0. The second-order valence-corrected chi connectivity index (χ2v) is 2.41. The predicted molar refractivity (Wildman–Crippen MR) is 43.2 cm³/mol. The van der Waals surface area contributed by atoms with Crippen molar-refractivity contribution in [3.63, 3.8) is 0 Å². The van der Waals surface area contributed by atoms with Crippen LogP contribution in [0.4, 0.5) is 4.79 Å². The summed E-state index contributed by atoms with van der Waals surface area (Å²) in [6, 6.07) is 0. The minimum absolute atomic E-state index is 0.265. The second kappa shape index (κ2) is 5.42. The maximum Gasteiger partial charge on any atom is 0.508 e. The molecule has 0 aromatic rings. The van der Waals surface area contributed by atoms with Crippen LogP contribution in [-0.2, 0) is 18.9 Å². The van der Waals surface area contributed by atoms with Crippen molar-refractivity contribution in [3.8, 4) is 0 Å². The van der Waals surface area contributed by atoms with E-state index in [2.05, 4.69) is 11.3 Å². The fraction of sp³-hybridized carbons (Fsp3) is 0.625. The molecule has 0 amide bonds. The SMILES string of the molecule is C=COCCOCC1COC(=O)O1. The van der Waals surface area contributed by atoms with Gasteiger partial charge in [-0.2, -0.15) is 0 Å². The molecule has 0 aliphatic carbocycles. The van der Waals surface area contributed by atoms with Gasteiger partial charge in [0, 0.05) is 0 Å². The van der Waals surface area contributed by atoms with E-state index in [9.17, 15) is 4.79 Å². The van der Waals surface area contributed by atoms with Crippen LogP contribution in [0.5, 0.6) is 0 Å². The van der Waals surface area contributed by atoms with Crippen LogP contribution in [0.25, 0.3) is 0 Å². The van der Waals surface area contributed by atoms with E-state index >= 15 is 0 Å². The number of ether oxygens (including phenoxy) is 4. The molecular formula is C8H12O5. The molecule has 5 nitrogen and oxygen atoms in total. The van der Waals surface area contributed by atoms with Gasteiger partial charge >= 0.3 is 6.16 Å². The van der Waals surface area contributed by atoms with Crippen LogP contribution in [-0.4, -0.2) is 38.7 Å².